The first kappa shape index (κ1) is 9.65. The Hall–Kier alpha value is -2.36. The molecule has 0 saturated carbocycles. The van der Waals surface area contributed by atoms with Crippen LogP contribution >= 0.6 is 0 Å². The van der Waals surface area contributed by atoms with Gasteiger partial charge in [0, 0.05) is 5.39 Å². The minimum atomic E-state index is 0.977. The van der Waals surface area contributed by atoms with E-state index in [1.165, 1.54) is 5.46 Å². The third-order valence-corrected chi connectivity index (χ3v) is 3.38. The molecule has 0 bridgehead atoms. The van der Waals surface area contributed by atoms with Crippen molar-refractivity contribution in [1.82, 2.24) is 14.4 Å². The van der Waals surface area contributed by atoms with Gasteiger partial charge in [-0.15, -0.1) is 0 Å². The molecule has 18 heavy (non-hydrogen) atoms. The number of hydrogen-bond acceptors (Lipinski definition) is 2. The molecule has 0 radical (unpaired) electrons. The summed E-state index contributed by atoms with van der Waals surface area (Å²) in [6, 6.07) is 14.3. The fourth-order valence-corrected chi connectivity index (χ4v) is 2.48. The minimum absolute atomic E-state index is 0.977. The zero-order valence-electron chi connectivity index (χ0n) is 9.96. The quantitative estimate of drug-likeness (QED) is 0.427. The Morgan fingerprint density at radius 3 is 2.83 bits per heavy atom. The van der Waals surface area contributed by atoms with Crippen LogP contribution < -0.4 is 5.46 Å². The average Bonchev–Trinajstić information content (AvgIpc) is 2.78. The van der Waals surface area contributed by atoms with Crippen molar-refractivity contribution in [3.8, 4) is 0 Å². The van der Waals surface area contributed by atoms with Crippen molar-refractivity contribution < 1.29 is 0 Å². The van der Waals surface area contributed by atoms with Gasteiger partial charge in [0.15, 0.2) is 0 Å². The van der Waals surface area contributed by atoms with Crippen molar-refractivity contribution in [3.63, 3.8) is 0 Å². The van der Waals surface area contributed by atoms with E-state index >= 15 is 0 Å². The van der Waals surface area contributed by atoms with E-state index in [0.717, 1.165) is 27.6 Å². The number of fused-ring (bicyclic) bond motifs is 5. The van der Waals surface area contributed by atoms with Gasteiger partial charge in [-0.2, -0.15) is 0 Å². The molecule has 4 rings (SSSR count). The lowest BCUT2D eigenvalue weighted by atomic mass is 9.93. The van der Waals surface area contributed by atoms with Crippen LogP contribution in [-0.4, -0.2) is 22.2 Å². The second-order valence-corrected chi connectivity index (χ2v) is 4.51. The molecule has 0 saturated heterocycles. The summed E-state index contributed by atoms with van der Waals surface area (Å²) in [5.74, 6) is 0. The molecule has 0 aliphatic rings. The fraction of sp³-hybridized carbons (Fsp3) is 0. The van der Waals surface area contributed by atoms with Crippen LogP contribution in [0.15, 0.2) is 48.8 Å². The third-order valence-electron chi connectivity index (χ3n) is 3.38. The van der Waals surface area contributed by atoms with Crippen LogP contribution in [0.1, 0.15) is 0 Å². The normalized spacial score (nSPS) is 11.6. The van der Waals surface area contributed by atoms with E-state index in [0.29, 0.717) is 0 Å². The average molecular weight is 231 g/mol. The van der Waals surface area contributed by atoms with Crippen LogP contribution in [0.2, 0.25) is 0 Å². The lowest BCUT2D eigenvalue weighted by Gasteiger charge is -2.02. The number of para-hydroxylation sites is 3. The number of aromatic nitrogens is 3. The SMILES string of the molecule is Bc1cccc2c1ncn1c3ccccc3nc21. The smallest absolute Gasteiger partial charge is 0.148 e. The molecule has 2 aromatic carbocycles. The van der Waals surface area contributed by atoms with E-state index < -0.39 is 0 Å². The first-order valence-electron chi connectivity index (χ1n) is 5.96. The number of rotatable bonds is 0. The van der Waals surface area contributed by atoms with Gasteiger partial charge >= 0.3 is 0 Å². The number of benzene rings is 2. The van der Waals surface area contributed by atoms with Gasteiger partial charge < -0.3 is 0 Å². The first-order chi connectivity index (χ1) is 8.84. The molecular formula is C14H10BN3. The van der Waals surface area contributed by atoms with Gasteiger partial charge in [0.05, 0.1) is 16.6 Å². The van der Waals surface area contributed by atoms with Gasteiger partial charge in [0.1, 0.15) is 19.8 Å². The molecule has 0 atom stereocenters. The predicted molar refractivity (Wildman–Crippen MR) is 76.2 cm³/mol. The molecule has 2 aromatic heterocycles. The topological polar surface area (TPSA) is 30.2 Å². The predicted octanol–water partition coefficient (Wildman–Crippen LogP) is 1.29. The van der Waals surface area contributed by atoms with E-state index in [-0.39, 0.29) is 0 Å². The molecule has 2 heterocycles. The summed E-state index contributed by atoms with van der Waals surface area (Å²) in [5, 5.41) is 1.11. The summed E-state index contributed by atoms with van der Waals surface area (Å²) in [5.41, 5.74) is 5.30. The van der Waals surface area contributed by atoms with E-state index in [4.69, 9.17) is 4.98 Å². The van der Waals surface area contributed by atoms with E-state index in [9.17, 15) is 0 Å². The standard InChI is InChI=1S/C14H10BN3/c15-10-5-3-4-9-13(10)16-8-18-12-7-2-1-6-11(12)17-14(9)18/h1-8H,15H2. The Morgan fingerprint density at radius 1 is 1.00 bits per heavy atom. The van der Waals surface area contributed by atoms with Crippen molar-refractivity contribution in [2.75, 3.05) is 0 Å². The number of imidazole rings is 1. The van der Waals surface area contributed by atoms with Crippen LogP contribution in [0, 0.1) is 0 Å². The molecule has 4 heteroatoms. The van der Waals surface area contributed by atoms with E-state index in [1.54, 1.807) is 0 Å². The summed E-state index contributed by atoms with van der Waals surface area (Å²) < 4.78 is 2.05. The van der Waals surface area contributed by atoms with Crippen molar-refractivity contribution in [3.05, 3.63) is 48.8 Å². The third kappa shape index (κ3) is 1.15. The molecule has 84 valence electrons. The zero-order chi connectivity index (χ0) is 12.1. The van der Waals surface area contributed by atoms with Gasteiger partial charge in [-0.05, 0) is 18.2 Å². The molecule has 3 nitrogen and oxygen atoms in total. The molecule has 4 aromatic rings. The van der Waals surface area contributed by atoms with Gasteiger partial charge in [-0.3, -0.25) is 4.40 Å². The Labute approximate surface area is 105 Å². The second-order valence-electron chi connectivity index (χ2n) is 4.51. The van der Waals surface area contributed by atoms with Crippen LogP contribution in [0.3, 0.4) is 0 Å². The Kier molecular flexibility index (Phi) is 1.78. The molecule has 0 aliphatic heterocycles. The number of nitrogens with zero attached hydrogens (tertiary/aromatic N) is 3. The maximum atomic E-state index is 4.71. The maximum absolute atomic E-state index is 4.71. The summed E-state index contributed by atoms with van der Waals surface area (Å²) >= 11 is 0. The van der Waals surface area contributed by atoms with Gasteiger partial charge in [0.2, 0.25) is 0 Å². The Balaban J connectivity index is 2.32. The zero-order valence-corrected chi connectivity index (χ0v) is 9.96. The van der Waals surface area contributed by atoms with E-state index in [2.05, 4.69) is 41.5 Å². The molecule has 0 spiro atoms. The molecular weight excluding hydrogens is 221 g/mol. The van der Waals surface area contributed by atoms with Gasteiger partial charge in [-0.1, -0.05) is 29.7 Å². The number of hydrogen-bond donors (Lipinski definition) is 0. The van der Waals surface area contributed by atoms with Gasteiger partial charge in [-0.25, -0.2) is 9.97 Å². The molecule has 0 fully saturated rings. The highest BCUT2D eigenvalue weighted by Crippen LogP contribution is 2.21. The van der Waals surface area contributed by atoms with Crippen LogP contribution in [0.5, 0.6) is 0 Å². The van der Waals surface area contributed by atoms with Crippen LogP contribution in [0.4, 0.5) is 0 Å². The highest BCUT2D eigenvalue weighted by molar-refractivity contribution is 6.38. The second kappa shape index (κ2) is 3.32. The summed E-state index contributed by atoms with van der Waals surface area (Å²) in [4.78, 5) is 9.26. The summed E-state index contributed by atoms with van der Waals surface area (Å²) in [7, 11) is 2.08. The van der Waals surface area contributed by atoms with Crippen molar-refractivity contribution in [2.45, 2.75) is 0 Å². The first-order valence-corrected chi connectivity index (χ1v) is 5.96. The minimum Gasteiger partial charge on any atom is -0.282 e. The summed E-state index contributed by atoms with van der Waals surface area (Å²) in [6.45, 7) is 0. The molecule has 0 N–H and O–H groups in total. The van der Waals surface area contributed by atoms with Crippen LogP contribution in [0.25, 0.3) is 27.6 Å². The maximum Gasteiger partial charge on any atom is 0.148 e. The van der Waals surface area contributed by atoms with Crippen LogP contribution in [-0.2, 0) is 0 Å². The fourth-order valence-electron chi connectivity index (χ4n) is 2.48. The molecule has 0 unspecified atom stereocenters. The van der Waals surface area contributed by atoms with Gasteiger partial charge in [0.25, 0.3) is 0 Å². The Morgan fingerprint density at radius 2 is 1.89 bits per heavy atom. The summed E-state index contributed by atoms with van der Waals surface area (Å²) in [6.07, 6.45) is 1.86. The Bertz CT molecular complexity index is 895. The van der Waals surface area contributed by atoms with E-state index in [1.807, 2.05) is 24.5 Å². The lowest BCUT2D eigenvalue weighted by Crippen LogP contribution is -2.06. The van der Waals surface area contributed by atoms with Crippen molar-refractivity contribution >= 4 is 40.9 Å². The van der Waals surface area contributed by atoms with Crippen molar-refractivity contribution in [2.24, 2.45) is 0 Å². The highest BCUT2D eigenvalue weighted by Gasteiger charge is 2.08. The molecule has 0 aliphatic carbocycles. The largest absolute Gasteiger partial charge is 0.282 e. The monoisotopic (exact) mass is 231 g/mol. The van der Waals surface area contributed by atoms with Crippen molar-refractivity contribution in [1.29, 1.82) is 0 Å². The highest BCUT2D eigenvalue weighted by atomic mass is 15.0. The molecule has 0 amide bonds. The lowest BCUT2D eigenvalue weighted by molar-refractivity contribution is 1.15.